The number of hydrogen-bond donors (Lipinski definition) is 0. The molecule has 1 aromatic heterocycles. The van der Waals surface area contributed by atoms with Crippen LogP contribution in [-0.2, 0) is 4.74 Å². The highest BCUT2D eigenvalue weighted by Crippen LogP contribution is 2.37. The summed E-state index contributed by atoms with van der Waals surface area (Å²) in [5, 5.41) is 9.41. The molecule has 0 amide bonds. The van der Waals surface area contributed by atoms with E-state index < -0.39 is 0 Å². The van der Waals surface area contributed by atoms with Crippen molar-refractivity contribution >= 4 is 12.2 Å². The van der Waals surface area contributed by atoms with Gasteiger partial charge in [-0.25, -0.2) is 0 Å². The van der Waals surface area contributed by atoms with E-state index in [0.29, 0.717) is 5.56 Å². The van der Waals surface area contributed by atoms with Crippen LogP contribution in [-0.4, -0.2) is 12.1 Å². The zero-order valence-electron chi connectivity index (χ0n) is 13.8. The van der Waals surface area contributed by atoms with Gasteiger partial charge >= 0.3 is 0 Å². The van der Waals surface area contributed by atoms with E-state index in [1.165, 1.54) is 0 Å². The number of nitrogens with zero attached hydrogens (tertiary/aromatic N) is 2. The minimum Gasteiger partial charge on any atom is -0.372 e. The van der Waals surface area contributed by atoms with Gasteiger partial charge in [-0.1, -0.05) is 48.5 Å². The van der Waals surface area contributed by atoms with Crippen LogP contribution in [0.4, 0.5) is 0 Å². The molecule has 1 heterocycles. The molecule has 3 nitrogen and oxygen atoms in total. The van der Waals surface area contributed by atoms with Gasteiger partial charge in [-0.05, 0) is 34.9 Å². The molecule has 0 bridgehead atoms. The Labute approximate surface area is 146 Å². The third-order valence-corrected chi connectivity index (χ3v) is 4.53. The minimum atomic E-state index is -0.260. The monoisotopic (exact) mass is 324 g/mol. The van der Waals surface area contributed by atoms with Crippen LogP contribution >= 0.6 is 0 Å². The van der Waals surface area contributed by atoms with E-state index in [1.54, 1.807) is 7.11 Å². The number of hydrogen-bond acceptors (Lipinski definition) is 3. The average molecular weight is 324 g/mol. The normalized spacial score (nSPS) is 15.0. The molecule has 0 saturated heterocycles. The maximum Gasteiger partial charge on any atom is 0.110 e. The molecule has 120 valence electrons. The largest absolute Gasteiger partial charge is 0.372 e. The predicted octanol–water partition coefficient (Wildman–Crippen LogP) is 4.84. The molecule has 4 rings (SSSR count). The molecule has 25 heavy (non-hydrogen) atoms. The number of fused-ring (bicyclic) bond motifs is 2. The van der Waals surface area contributed by atoms with Crippen LogP contribution < -0.4 is 0 Å². The zero-order valence-corrected chi connectivity index (χ0v) is 13.8. The highest BCUT2D eigenvalue weighted by molar-refractivity contribution is 5.78. The van der Waals surface area contributed by atoms with Crippen molar-refractivity contribution in [1.29, 1.82) is 5.26 Å². The van der Waals surface area contributed by atoms with Crippen molar-refractivity contribution in [3.63, 3.8) is 0 Å². The fraction of sp³-hybridized carbons (Fsp3) is 0.0909. The highest BCUT2D eigenvalue weighted by Gasteiger charge is 2.24. The quantitative estimate of drug-likeness (QED) is 0.677. The SMILES string of the molecule is COC1c2cc(-c3ccccc3)cnc2C=Cc2c(C#N)cccc21. The maximum absolute atomic E-state index is 9.41. The first-order chi connectivity index (χ1) is 12.3. The van der Waals surface area contributed by atoms with E-state index in [1.807, 2.05) is 54.7 Å². The summed E-state index contributed by atoms with van der Waals surface area (Å²) in [5.74, 6) is 0. The highest BCUT2D eigenvalue weighted by atomic mass is 16.5. The maximum atomic E-state index is 9.41. The van der Waals surface area contributed by atoms with Crippen molar-refractivity contribution in [1.82, 2.24) is 4.98 Å². The van der Waals surface area contributed by atoms with Gasteiger partial charge in [0.25, 0.3) is 0 Å². The molecule has 0 radical (unpaired) electrons. The first-order valence-electron chi connectivity index (χ1n) is 8.11. The van der Waals surface area contributed by atoms with Crippen molar-refractivity contribution in [2.45, 2.75) is 6.10 Å². The Morgan fingerprint density at radius 3 is 2.56 bits per heavy atom. The van der Waals surface area contributed by atoms with Gasteiger partial charge in [0.1, 0.15) is 6.10 Å². The molecular formula is C22H16N2O. The molecule has 1 aliphatic rings. The Morgan fingerprint density at radius 2 is 1.80 bits per heavy atom. The summed E-state index contributed by atoms with van der Waals surface area (Å²) in [4.78, 5) is 4.64. The summed E-state index contributed by atoms with van der Waals surface area (Å²) in [7, 11) is 1.69. The van der Waals surface area contributed by atoms with Gasteiger partial charge in [-0.3, -0.25) is 4.98 Å². The smallest absolute Gasteiger partial charge is 0.110 e. The fourth-order valence-electron chi connectivity index (χ4n) is 3.31. The third kappa shape index (κ3) is 2.63. The van der Waals surface area contributed by atoms with Crippen LogP contribution in [0.2, 0.25) is 0 Å². The van der Waals surface area contributed by atoms with Gasteiger partial charge in [0.15, 0.2) is 0 Å². The molecule has 0 saturated carbocycles. The van der Waals surface area contributed by atoms with Gasteiger partial charge in [-0.15, -0.1) is 0 Å². The van der Waals surface area contributed by atoms with E-state index >= 15 is 0 Å². The van der Waals surface area contributed by atoms with E-state index in [-0.39, 0.29) is 6.10 Å². The van der Waals surface area contributed by atoms with E-state index in [0.717, 1.165) is 33.5 Å². The number of rotatable bonds is 2. The Morgan fingerprint density at radius 1 is 0.960 bits per heavy atom. The second-order valence-corrected chi connectivity index (χ2v) is 5.93. The molecule has 0 aliphatic heterocycles. The topological polar surface area (TPSA) is 45.9 Å². The molecule has 3 heteroatoms. The molecule has 0 N–H and O–H groups in total. The van der Waals surface area contributed by atoms with Crippen molar-refractivity contribution in [3.8, 4) is 17.2 Å². The Bertz CT molecular complexity index is 1000. The summed E-state index contributed by atoms with van der Waals surface area (Å²) >= 11 is 0. The molecule has 1 aliphatic carbocycles. The number of methoxy groups -OCH3 is 1. The van der Waals surface area contributed by atoms with E-state index in [4.69, 9.17) is 4.74 Å². The van der Waals surface area contributed by atoms with Crippen molar-refractivity contribution in [3.05, 3.63) is 88.7 Å². The van der Waals surface area contributed by atoms with Gasteiger partial charge in [0, 0.05) is 24.4 Å². The Hall–Kier alpha value is -3.22. The second-order valence-electron chi connectivity index (χ2n) is 5.93. The van der Waals surface area contributed by atoms with Crippen LogP contribution in [0.15, 0.2) is 60.8 Å². The second kappa shape index (κ2) is 6.35. The lowest BCUT2D eigenvalue weighted by Gasteiger charge is -2.19. The van der Waals surface area contributed by atoms with E-state index in [2.05, 4.69) is 29.3 Å². The lowest BCUT2D eigenvalue weighted by atomic mass is 9.94. The van der Waals surface area contributed by atoms with Gasteiger partial charge in [0.05, 0.1) is 17.3 Å². The summed E-state index contributed by atoms with van der Waals surface area (Å²) < 4.78 is 5.83. The van der Waals surface area contributed by atoms with Gasteiger partial charge < -0.3 is 4.74 Å². The third-order valence-electron chi connectivity index (χ3n) is 4.53. The number of aromatic nitrogens is 1. The number of nitriles is 1. The average Bonchev–Trinajstić information content (AvgIpc) is 2.84. The minimum absolute atomic E-state index is 0.260. The molecule has 0 spiro atoms. The van der Waals surface area contributed by atoms with Crippen molar-refractivity contribution in [2.75, 3.05) is 7.11 Å². The lowest BCUT2D eigenvalue weighted by molar-refractivity contribution is 0.136. The predicted molar refractivity (Wildman–Crippen MR) is 98.6 cm³/mol. The Kier molecular flexibility index (Phi) is 3.89. The van der Waals surface area contributed by atoms with Gasteiger partial charge in [0.2, 0.25) is 0 Å². The zero-order chi connectivity index (χ0) is 17.2. The summed E-state index contributed by atoms with van der Waals surface area (Å²) in [6.07, 6.45) is 5.54. The molecule has 2 aromatic carbocycles. The van der Waals surface area contributed by atoms with Crippen LogP contribution in [0.3, 0.4) is 0 Å². The van der Waals surface area contributed by atoms with Crippen molar-refractivity contribution < 1.29 is 4.74 Å². The lowest BCUT2D eigenvalue weighted by Crippen LogP contribution is -2.08. The summed E-state index contributed by atoms with van der Waals surface area (Å²) in [6.45, 7) is 0. The van der Waals surface area contributed by atoms with Crippen LogP contribution in [0, 0.1) is 11.3 Å². The Balaban J connectivity index is 1.91. The standard InChI is InChI=1S/C22H16N2O/c1-25-22-19-9-5-8-16(13-23)18(19)10-11-21-20(22)12-17(14-24-21)15-6-3-2-4-7-15/h2-12,14,22H,1H3. The van der Waals surface area contributed by atoms with Crippen LogP contribution in [0.1, 0.15) is 34.1 Å². The molecule has 3 aromatic rings. The van der Waals surface area contributed by atoms with Crippen LogP contribution in [0.25, 0.3) is 23.3 Å². The van der Waals surface area contributed by atoms with Gasteiger partial charge in [-0.2, -0.15) is 5.26 Å². The molecule has 1 unspecified atom stereocenters. The first kappa shape index (κ1) is 15.3. The first-order valence-corrected chi connectivity index (χ1v) is 8.11. The molecular weight excluding hydrogens is 308 g/mol. The fourth-order valence-corrected chi connectivity index (χ4v) is 3.31. The van der Waals surface area contributed by atoms with E-state index in [9.17, 15) is 5.26 Å². The molecule has 0 fully saturated rings. The summed E-state index contributed by atoms with van der Waals surface area (Å²) in [5.41, 5.74) is 6.58. The van der Waals surface area contributed by atoms with Crippen molar-refractivity contribution in [2.24, 2.45) is 0 Å². The van der Waals surface area contributed by atoms with Crippen LogP contribution in [0.5, 0.6) is 0 Å². The number of benzene rings is 2. The molecule has 1 atom stereocenters. The number of pyridine rings is 1. The number of ether oxygens (including phenoxy) is 1. The summed E-state index contributed by atoms with van der Waals surface area (Å²) in [6, 6.07) is 20.3.